The Labute approximate surface area is 191 Å². The molecule has 2 fully saturated rings. The summed E-state index contributed by atoms with van der Waals surface area (Å²) >= 11 is 0. The number of nitrogens with zero attached hydrogens (tertiary/aromatic N) is 4. The van der Waals surface area contributed by atoms with E-state index in [1.807, 2.05) is 0 Å². The molecule has 2 aliphatic rings. The maximum Gasteiger partial charge on any atom is 0.267 e. The predicted octanol–water partition coefficient (Wildman–Crippen LogP) is 3.08. The molecule has 2 saturated heterocycles. The highest BCUT2D eigenvalue weighted by molar-refractivity contribution is 5.98. The van der Waals surface area contributed by atoms with Gasteiger partial charge in [0, 0.05) is 19.6 Å². The molecule has 1 aromatic heterocycles. The van der Waals surface area contributed by atoms with Gasteiger partial charge in [0.2, 0.25) is 11.8 Å². The number of aryl methyl sites for hydroxylation is 1. The van der Waals surface area contributed by atoms with Gasteiger partial charge in [0.05, 0.1) is 17.6 Å². The summed E-state index contributed by atoms with van der Waals surface area (Å²) in [6.45, 7) is 10.9. The summed E-state index contributed by atoms with van der Waals surface area (Å²) in [6.07, 6.45) is 4.00. The van der Waals surface area contributed by atoms with Crippen LogP contribution in [-0.4, -0.2) is 59.8 Å². The number of nitrogens with one attached hydrogen (secondary N) is 2. The van der Waals surface area contributed by atoms with Crippen LogP contribution in [0.5, 0.6) is 0 Å². The summed E-state index contributed by atoms with van der Waals surface area (Å²) in [7, 11) is 0. The van der Waals surface area contributed by atoms with Crippen LogP contribution in [0.2, 0.25) is 0 Å². The number of hydrogen-bond donors (Lipinski definition) is 2. The Bertz CT molecular complexity index is 1120. The molecule has 1 atom stereocenters. The van der Waals surface area contributed by atoms with E-state index < -0.39 is 11.9 Å². The number of hydrogen-bond acceptors (Lipinski definition) is 4. The first kappa shape index (κ1) is 22.6. The van der Waals surface area contributed by atoms with Gasteiger partial charge < -0.3 is 19.5 Å². The highest BCUT2D eigenvalue weighted by Gasteiger charge is 2.30. The lowest BCUT2D eigenvalue weighted by Gasteiger charge is -2.25. The van der Waals surface area contributed by atoms with E-state index in [0.29, 0.717) is 29.7 Å². The van der Waals surface area contributed by atoms with Crippen LogP contribution in [-0.2, 0) is 9.59 Å². The van der Waals surface area contributed by atoms with Gasteiger partial charge in [-0.05, 0) is 57.2 Å². The molecular formula is C23H27FN6O3. The van der Waals surface area contributed by atoms with Crippen molar-refractivity contribution in [2.75, 3.05) is 31.5 Å². The lowest BCUT2D eigenvalue weighted by molar-refractivity contribution is -0.140. The lowest BCUT2D eigenvalue weighted by atomic mass is 10.1. The van der Waals surface area contributed by atoms with E-state index in [9.17, 15) is 14.0 Å². The summed E-state index contributed by atoms with van der Waals surface area (Å²) in [5, 5.41) is 3.12. The lowest BCUT2D eigenvalue weighted by Crippen LogP contribution is -2.45. The second kappa shape index (κ2) is 9.90. The fourth-order valence-electron chi connectivity index (χ4n) is 4.32. The topological polar surface area (TPSA) is 94.5 Å². The summed E-state index contributed by atoms with van der Waals surface area (Å²) in [5.41, 5.74) is 2.93. The van der Waals surface area contributed by atoms with Crippen LogP contribution in [0, 0.1) is 19.3 Å². The molecule has 0 radical (unpaired) electrons. The Morgan fingerprint density at radius 3 is 2.79 bits per heavy atom. The molecule has 2 aliphatic heterocycles. The Morgan fingerprint density at radius 1 is 1.27 bits per heavy atom. The van der Waals surface area contributed by atoms with Crippen LogP contribution in [0.4, 0.5) is 10.1 Å². The predicted molar refractivity (Wildman–Crippen MR) is 122 cm³/mol. The van der Waals surface area contributed by atoms with Gasteiger partial charge >= 0.3 is 0 Å². The quantitative estimate of drug-likeness (QED) is 0.321. The third-order valence-electron chi connectivity index (χ3n) is 6.00. The zero-order valence-corrected chi connectivity index (χ0v) is 18.6. The maximum atomic E-state index is 15.0. The molecule has 33 heavy (non-hydrogen) atoms. The molecule has 4 rings (SSSR count). The second-order valence-corrected chi connectivity index (χ2v) is 8.38. The van der Waals surface area contributed by atoms with Crippen molar-refractivity contribution in [1.82, 2.24) is 15.2 Å². The average molecular weight is 455 g/mol. The zero-order chi connectivity index (χ0) is 23.4. The molecule has 2 aromatic rings. The van der Waals surface area contributed by atoms with E-state index in [1.165, 1.54) is 6.07 Å². The summed E-state index contributed by atoms with van der Waals surface area (Å²) in [6, 6.07) is 3.96. The Morgan fingerprint density at radius 2 is 2.03 bits per heavy atom. The molecule has 10 heteroatoms. The summed E-state index contributed by atoms with van der Waals surface area (Å²) < 4.78 is 20.4. The van der Waals surface area contributed by atoms with Gasteiger partial charge in [-0.15, -0.1) is 0 Å². The van der Waals surface area contributed by atoms with Crippen molar-refractivity contribution >= 4 is 34.4 Å². The monoisotopic (exact) mass is 454 g/mol. The fourth-order valence-corrected chi connectivity index (χ4v) is 4.32. The first-order valence-corrected chi connectivity index (χ1v) is 11.2. The highest BCUT2D eigenvalue weighted by Crippen LogP contribution is 2.27. The largest absolute Gasteiger partial charge is 0.461 e. The van der Waals surface area contributed by atoms with Crippen molar-refractivity contribution in [3.05, 3.63) is 41.3 Å². The normalized spacial score (nSPS) is 19.5. The number of halogens is 1. The van der Waals surface area contributed by atoms with Crippen molar-refractivity contribution in [1.29, 1.82) is 0 Å². The Hall–Kier alpha value is -3.61. The number of anilines is 1. The standard InChI is InChI=1S/C23H27FN6O3/c1-15-13-16-19(33-15)9-8-17(21(16)24)26-23(28-25-2)27-18-7-3-4-12-30(22(18)32)14-20(31)29-10-5-6-11-29/h8-9,13,18H,3-7,10-12,14H2,1H3,(H2,26,27,28). The van der Waals surface area contributed by atoms with E-state index in [4.69, 9.17) is 11.0 Å². The minimum Gasteiger partial charge on any atom is -0.461 e. The number of amides is 2. The molecule has 0 saturated carbocycles. The smallest absolute Gasteiger partial charge is 0.267 e. The molecule has 1 unspecified atom stereocenters. The molecule has 3 heterocycles. The number of likely N-dealkylation sites (tertiary alicyclic amines) is 2. The van der Waals surface area contributed by atoms with Crippen LogP contribution >= 0.6 is 0 Å². The molecule has 2 amide bonds. The van der Waals surface area contributed by atoms with Crippen molar-refractivity contribution in [3.63, 3.8) is 0 Å². The molecule has 0 aliphatic carbocycles. The number of fused-ring (bicyclic) bond motifs is 1. The number of carbonyl (C=O) groups is 2. The first-order valence-electron chi connectivity index (χ1n) is 11.2. The fraction of sp³-hybridized carbons (Fsp3) is 0.478. The van der Waals surface area contributed by atoms with Crippen LogP contribution < -0.4 is 10.7 Å². The molecular weight excluding hydrogens is 427 g/mol. The third-order valence-corrected chi connectivity index (χ3v) is 6.00. The first-order chi connectivity index (χ1) is 16.0. The van der Waals surface area contributed by atoms with E-state index >= 15 is 0 Å². The maximum absolute atomic E-state index is 15.0. The third kappa shape index (κ3) is 5.08. The van der Waals surface area contributed by atoms with Crippen molar-refractivity contribution < 1.29 is 18.4 Å². The number of benzene rings is 1. The van der Waals surface area contributed by atoms with E-state index in [1.54, 1.807) is 28.9 Å². The van der Waals surface area contributed by atoms with Crippen molar-refractivity contribution in [2.45, 2.75) is 45.1 Å². The van der Waals surface area contributed by atoms with E-state index in [0.717, 1.165) is 38.8 Å². The van der Waals surface area contributed by atoms with Gasteiger partial charge in [-0.3, -0.25) is 9.59 Å². The molecule has 9 nitrogen and oxygen atoms in total. The van der Waals surface area contributed by atoms with Gasteiger partial charge in [0.15, 0.2) is 5.82 Å². The van der Waals surface area contributed by atoms with E-state index in [-0.39, 0.29) is 30.0 Å². The molecule has 2 N–H and O–H groups in total. The summed E-state index contributed by atoms with van der Waals surface area (Å²) in [5.74, 6) is -0.272. The van der Waals surface area contributed by atoms with Crippen molar-refractivity contribution in [3.8, 4) is 0 Å². The van der Waals surface area contributed by atoms with Crippen LogP contribution in [0.25, 0.3) is 15.9 Å². The van der Waals surface area contributed by atoms with Crippen LogP contribution in [0.3, 0.4) is 0 Å². The Balaban J connectivity index is 1.53. The molecule has 0 bridgehead atoms. The molecule has 174 valence electrons. The minimum atomic E-state index is -0.765. The summed E-state index contributed by atoms with van der Waals surface area (Å²) in [4.78, 5) is 36.6. The highest BCUT2D eigenvalue weighted by atomic mass is 19.1. The number of carbonyl (C=O) groups excluding carboxylic acids is 2. The Kier molecular flexibility index (Phi) is 6.77. The van der Waals surface area contributed by atoms with E-state index in [2.05, 4.69) is 20.7 Å². The van der Waals surface area contributed by atoms with Gasteiger partial charge in [-0.25, -0.2) is 9.38 Å². The average Bonchev–Trinajstić information content (AvgIpc) is 3.43. The number of rotatable bonds is 4. The van der Waals surface area contributed by atoms with Gasteiger partial charge in [0.25, 0.3) is 5.96 Å². The number of aliphatic imine (C=N–C) groups is 1. The molecule has 0 spiro atoms. The number of furan rings is 1. The van der Waals surface area contributed by atoms with Crippen LogP contribution in [0.1, 0.15) is 37.9 Å². The van der Waals surface area contributed by atoms with Gasteiger partial charge in [0.1, 0.15) is 17.4 Å². The van der Waals surface area contributed by atoms with Gasteiger partial charge in [-0.2, -0.15) is 11.5 Å². The number of guanidine groups is 1. The minimum absolute atomic E-state index is 0.0189. The van der Waals surface area contributed by atoms with Crippen molar-refractivity contribution in [2.24, 2.45) is 4.99 Å². The van der Waals surface area contributed by atoms with Gasteiger partial charge in [-0.1, -0.05) is 5.43 Å². The second-order valence-electron chi connectivity index (χ2n) is 8.38. The molecule has 1 aromatic carbocycles. The zero-order valence-electron chi connectivity index (χ0n) is 18.6. The SMILES string of the molecule is [C-]#[N+]NC(=NC1CCCCN(CC(=O)N2CCCC2)C1=O)Nc1ccc2oc(C)cc2c1F. The van der Waals surface area contributed by atoms with Crippen LogP contribution in [0.15, 0.2) is 27.6 Å².